The lowest BCUT2D eigenvalue weighted by atomic mass is 9.93. The maximum Gasteiger partial charge on any atom is 0.316 e. The van der Waals surface area contributed by atoms with Gasteiger partial charge in [0.2, 0.25) is 0 Å². The standard InChI is InChI=1S/C19H26N4O3/c1-3-23-16-5-4-14(12-15(16)21-17(24)19(23)26)18(25)22-10-7-13(8-11-22)6-9-20-2/h4-5,12-13,20H,3,6-11H2,1-2H3,(H,21,24). The van der Waals surface area contributed by atoms with E-state index < -0.39 is 11.1 Å². The number of rotatable bonds is 5. The highest BCUT2D eigenvalue weighted by Crippen LogP contribution is 2.22. The molecule has 0 aliphatic carbocycles. The highest BCUT2D eigenvalue weighted by Gasteiger charge is 2.23. The summed E-state index contributed by atoms with van der Waals surface area (Å²) in [5, 5.41) is 3.18. The van der Waals surface area contributed by atoms with Gasteiger partial charge >= 0.3 is 11.1 Å². The predicted octanol–water partition coefficient (Wildman–Crippen LogP) is 1.17. The number of piperidine rings is 1. The summed E-state index contributed by atoms with van der Waals surface area (Å²) in [4.78, 5) is 41.1. The average molecular weight is 358 g/mol. The van der Waals surface area contributed by atoms with Gasteiger partial charge in [-0.1, -0.05) is 0 Å². The Morgan fingerprint density at radius 3 is 2.65 bits per heavy atom. The Labute approximate surface area is 152 Å². The number of amides is 1. The normalized spacial score (nSPS) is 15.5. The molecule has 1 saturated heterocycles. The van der Waals surface area contributed by atoms with Crippen LogP contribution in [0.25, 0.3) is 11.0 Å². The van der Waals surface area contributed by atoms with Crippen LogP contribution >= 0.6 is 0 Å². The SMILES string of the molecule is CCn1c(=O)c(=O)[nH]c2cc(C(=O)N3CCC(CCNC)CC3)ccc21. The van der Waals surface area contributed by atoms with Crippen LogP contribution in [-0.2, 0) is 6.54 Å². The highest BCUT2D eigenvalue weighted by molar-refractivity contribution is 5.97. The van der Waals surface area contributed by atoms with Crippen molar-refractivity contribution in [1.29, 1.82) is 0 Å². The van der Waals surface area contributed by atoms with Gasteiger partial charge < -0.3 is 19.8 Å². The molecule has 0 radical (unpaired) electrons. The molecule has 7 heteroatoms. The zero-order valence-corrected chi connectivity index (χ0v) is 15.4. The molecule has 0 atom stereocenters. The third-order valence-corrected chi connectivity index (χ3v) is 5.24. The number of nitrogens with one attached hydrogen (secondary N) is 2. The number of benzene rings is 1. The summed E-state index contributed by atoms with van der Waals surface area (Å²) < 4.78 is 1.43. The summed E-state index contributed by atoms with van der Waals surface area (Å²) in [6, 6.07) is 5.16. The molecule has 140 valence electrons. The van der Waals surface area contributed by atoms with E-state index >= 15 is 0 Å². The minimum Gasteiger partial charge on any atom is -0.339 e. The van der Waals surface area contributed by atoms with E-state index in [4.69, 9.17) is 0 Å². The molecule has 1 aromatic heterocycles. The number of aryl methyl sites for hydroxylation is 1. The van der Waals surface area contributed by atoms with Crippen molar-refractivity contribution in [3.63, 3.8) is 0 Å². The fourth-order valence-electron chi connectivity index (χ4n) is 3.68. The van der Waals surface area contributed by atoms with Crippen molar-refractivity contribution in [2.75, 3.05) is 26.7 Å². The van der Waals surface area contributed by atoms with Gasteiger partial charge in [0.05, 0.1) is 11.0 Å². The van der Waals surface area contributed by atoms with Gasteiger partial charge in [-0.05, 0) is 63.9 Å². The lowest BCUT2D eigenvalue weighted by Gasteiger charge is -2.32. The van der Waals surface area contributed by atoms with Crippen molar-refractivity contribution in [3.05, 3.63) is 44.5 Å². The smallest absolute Gasteiger partial charge is 0.316 e. The Morgan fingerprint density at radius 2 is 2.00 bits per heavy atom. The summed E-state index contributed by atoms with van der Waals surface area (Å²) in [5.74, 6) is 0.646. The van der Waals surface area contributed by atoms with Gasteiger partial charge in [0.1, 0.15) is 0 Å². The number of carbonyl (C=O) groups excluding carboxylic acids is 1. The van der Waals surface area contributed by atoms with Crippen LogP contribution < -0.4 is 16.4 Å². The second-order valence-corrected chi connectivity index (χ2v) is 6.86. The van der Waals surface area contributed by atoms with Crippen molar-refractivity contribution in [2.24, 2.45) is 5.92 Å². The minimum absolute atomic E-state index is 0.0194. The predicted molar refractivity (Wildman–Crippen MR) is 102 cm³/mol. The Kier molecular flexibility index (Phi) is 5.56. The van der Waals surface area contributed by atoms with Crippen LogP contribution in [-0.4, -0.2) is 47.0 Å². The van der Waals surface area contributed by atoms with Gasteiger partial charge in [0.15, 0.2) is 0 Å². The Morgan fingerprint density at radius 1 is 1.27 bits per heavy atom. The van der Waals surface area contributed by atoms with Crippen molar-refractivity contribution in [1.82, 2.24) is 19.8 Å². The summed E-state index contributed by atoms with van der Waals surface area (Å²) in [6.07, 6.45) is 3.19. The first-order chi connectivity index (χ1) is 12.5. The quantitative estimate of drug-likeness (QED) is 0.786. The van der Waals surface area contributed by atoms with E-state index in [1.165, 1.54) is 4.57 Å². The highest BCUT2D eigenvalue weighted by atomic mass is 16.2. The largest absolute Gasteiger partial charge is 0.339 e. The molecular weight excluding hydrogens is 332 g/mol. The Hall–Kier alpha value is -2.41. The van der Waals surface area contributed by atoms with E-state index in [-0.39, 0.29) is 5.91 Å². The molecule has 1 aliphatic heterocycles. The number of aromatic nitrogens is 2. The number of nitrogens with zero attached hydrogens (tertiary/aromatic N) is 2. The summed E-state index contributed by atoms with van der Waals surface area (Å²) >= 11 is 0. The fraction of sp³-hybridized carbons (Fsp3) is 0.526. The molecule has 1 amide bonds. The molecule has 0 unspecified atom stereocenters. The topological polar surface area (TPSA) is 87.2 Å². The van der Waals surface area contributed by atoms with Crippen molar-refractivity contribution in [2.45, 2.75) is 32.7 Å². The van der Waals surface area contributed by atoms with E-state index in [2.05, 4.69) is 10.3 Å². The molecule has 2 aromatic rings. The lowest BCUT2D eigenvalue weighted by molar-refractivity contribution is 0.0687. The van der Waals surface area contributed by atoms with Gasteiger partial charge in [0.25, 0.3) is 5.91 Å². The van der Waals surface area contributed by atoms with Gasteiger partial charge in [-0.25, -0.2) is 0 Å². The van der Waals surface area contributed by atoms with E-state index in [9.17, 15) is 14.4 Å². The molecule has 7 nitrogen and oxygen atoms in total. The number of fused-ring (bicyclic) bond motifs is 1. The maximum atomic E-state index is 12.8. The molecule has 3 rings (SSSR count). The molecule has 1 fully saturated rings. The van der Waals surface area contributed by atoms with Crippen LogP contribution in [0, 0.1) is 5.92 Å². The molecule has 1 aromatic carbocycles. The van der Waals surface area contributed by atoms with Crippen molar-refractivity contribution in [3.8, 4) is 0 Å². The molecule has 1 aliphatic rings. The number of hydrogen-bond donors (Lipinski definition) is 2. The average Bonchev–Trinajstić information content (AvgIpc) is 2.67. The number of H-pyrrole nitrogens is 1. The van der Waals surface area contributed by atoms with Crippen LogP contribution in [0.1, 0.15) is 36.5 Å². The van der Waals surface area contributed by atoms with Crippen LogP contribution in [0.3, 0.4) is 0 Å². The zero-order chi connectivity index (χ0) is 18.7. The summed E-state index contributed by atoms with van der Waals surface area (Å²) in [7, 11) is 1.96. The second kappa shape index (κ2) is 7.86. The first kappa shape index (κ1) is 18.4. The Bertz CT molecular complexity index is 907. The number of carbonyl (C=O) groups is 1. The number of hydrogen-bond acceptors (Lipinski definition) is 4. The van der Waals surface area contributed by atoms with Crippen LogP contribution in [0.15, 0.2) is 27.8 Å². The van der Waals surface area contributed by atoms with Crippen molar-refractivity contribution < 1.29 is 4.79 Å². The summed E-state index contributed by atoms with van der Waals surface area (Å²) in [5.41, 5.74) is 0.478. The van der Waals surface area contributed by atoms with Gasteiger partial charge in [-0.2, -0.15) is 0 Å². The molecule has 2 heterocycles. The van der Waals surface area contributed by atoms with Gasteiger partial charge in [-0.3, -0.25) is 14.4 Å². The van der Waals surface area contributed by atoms with E-state index in [1.54, 1.807) is 18.2 Å². The molecule has 0 bridgehead atoms. The van der Waals surface area contributed by atoms with Crippen LogP contribution in [0.5, 0.6) is 0 Å². The first-order valence-electron chi connectivity index (χ1n) is 9.26. The monoisotopic (exact) mass is 358 g/mol. The number of aromatic amines is 1. The van der Waals surface area contributed by atoms with Crippen molar-refractivity contribution >= 4 is 16.9 Å². The molecule has 26 heavy (non-hydrogen) atoms. The fourth-order valence-corrected chi connectivity index (χ4v) is 3.68. The van der Waals surface area contributed by atoms with E-state index in [1.807, 2.05) is 18.9 Å². The minimum atomic E-state index is -0.658. The van der Waals surface area contributed by atoms with Crippen LogP contribution in [0.4, 0.5) is 0 Å². The number of likely N-dealkylation sites (tertiary alicyclic amines) is 1. The Balaban J connectivity index is 1.80. The summed E-state index contributed by atoms with van der Waals surface area (Å²) in [6.45, 7) is 4.76. The zero-order valence-electron chi connectivity index (χ0n) is 15.4. The maximum absolute atomic E-state index is 12.8. The third-order valence-electron chi connectivity index (χ3n) is 5.24. The van der Waals surface area contributed by atoms with Gasteiger partial charge in [-0.15, -0.1) is 0 Å². The van der Waals surface area contributed by atoms with Crippen LogP contribution in [0.2, 0.25) is 0 Å². The molecule has 2 N–H and O–H groups in total. The first-order valence-corrected chi connectivity index (χ1v) is 9.26. The van der Waals surface area contributed by atoms with E-state index in [0.29, 0.717) is 29.1 Å². The second-order valence-electron chi connectivity index (χ2n) is 6.86. The molecule has 0 saturated carbocycles. The lowest BCUT2D eigenvalue weighted by Crippen LogP contribution is -2.39. The molecule has 0 spiro atoms. The van der Waals surface area contributed by atoms with Gasteiger partial charge in [0, 0.05) is 25.2 Å². The molecular formula is C19H26N4O3. The van der Waals surface area contributed by atoms with E-state index in [0.717, 1.165) is 38.9 Å². The third kappa shape index (κ3) is 3.58.